The Bertz CT molecular complexity index is 925. The SMILES string of the molecule is O=S(=O)(NC[C@H](c1ccc(F)cc1)N1CCOCC1)c1ccc2c(c1)CCC2. The molecule has 0 aromatic heterocycles. The number of aryl methyl sites for hydroxylation is 2. The lowest BCUT2D eigenvalue weighted by atomic mass is 10.0. The number of morpholine rings is 1. The first-order valence-electron chi connectivity index (χ1n) is 9.72. The third kappa shape index (κ3) is 4.27. The monoisotopic (exact) mass is 404 g/mol. The average molecular weight is 405 g/mol. The van der Waals surface area contributed by atoms with Gasteiger partial charge >= 0.3 is 0 Å². The second-order valence-electron chi connectivity index (χ2n) is 7.35. The van der Waals surface area contributed by atoms with Crippen molar-refractivity contribution in [2.45, 2.75) is 30.2 Å². The minimum atomic E-state index is -3.61. The summed E-state index contributed by atoms with van der Waals surface area (Å²) < 4.78 is 47.3. The third-order valence-electron chi connectivity index (χ3n) is 5.59. The van der Waals surface area contributed by atoms with Crippen LogP contribution in [-0.2, 0) is 27.6 Å². The predicted molar refractivity (Wildman–Crippen MR) is 105 cm³/mol. The van der Waals surface area contributed by atoms with Crippen molar-refractivity contribution in [2.24, 2.45) is 0 Å². The number of fused-ring (bicyclic) bond motifs is 1. The van der Waals surface area contributed by atoms with Crippen LogP contribution in [0.2, 0.25) is 0 Å². The minimum Gasteiger partial charge on any atom is -0.379 e. The molecule has 1 aliphatic carbocycles. The maximum Gasteiger partial charge on any atom is 0.240 e. The Morgan fingerprint density at radius 1 is 1.04 bits per heavy atom. The molecule has 4 rings (SSSR count). The number of benzene rings is 2. The fraction of sp³-hybridized carbons (Fsp3) is 0.429. The second kappa shape index (κ2) is 8.29. The molecule has 0 saturated carbocycles. The molecule has 28 heavy (non-hydrogen) atoms. The fourth-order valence-electron chi connectivity index (χ4n) is 4.02. The molecule has 1 aliphatic heterocycles. The normalized spacial score (nSPS) is 18.8. The largest absolute Gasteiger partial charge is 0.379 e. The van der Waals surface area contributed by atoms with Crippen LogP contribution in [0.25, 0.3) is 0 Å². The van der Waals surface area contributed by atoms with Crippen LogP contribution in [0.1, 0.15) is 29.2 Å². The number of sulfonamides is 1. The van der Waals surface area contributed by atoms with Gasteiger partial charge in [-0.3, -0.25) is 4.90 Å². The number of nitrogens with one attached hydrogen (secondary N) is 1. The first-order chi connectivity index (χ1) is 13.5. The Labute approximate surface area is 165 Å². The van der Waals surface area contributed by atoms with E-state index >= 15 is 0 Å². The number of hydrogen-bond acceptors (Lipinski definition) is 4. The molecule has 1 saturated heterocycles. The van der Waals surface area contributed by atoms with Crippen LogP contribution in [-0.4, -0.2) is 46.2 Å². The summed E-state index contributed by atoms with van der Waals surface area (Å²) in [5.74, 6) is -0.303. The lowest BCUT2D eigenvalue weighted by molar-refractivity contribution is 0.0172. The molecule has 1 fully saturated rings. The Morgan fingerprint density at radius 3 is 2.50 bits per heavy atom. The second-order valence-corrected chi connectivity index (χ2v) is 9.12. The fourth-order valence-corrected chi connectivity index (χ4v) is 5.11. The molecule has 0 unspecified atom stereocenters. The van der Waals surface area contributed by atoms with E-state index in [1.165, 1.54) is 17.7 Å². The molecular formula is C21H25FN2O3S. The van der Waals surface area contributed by atoms with Crippen LogP contribution >= 0.6 is 0 Å². The van der Waals surface area contributed by atoms with Gasteiger partial charge in [0.1, 0.15) is 5.82 Å². The van der Waals surface area contributed by atoms with Gasteiger partial charge in [-0.25, -0.2) is 17.5 Å². The molecule has 0 bridgehead atoms. The lowest BCUT2D eigenvalue weighted by Gasteiger charge is -2.34. The highest BCUT2D eigenvalue weighted by atomic mass is 32.2. The van der Waals surface area contributed by atoms with Gasteiger partial charge in [-0.05, 0) is 60.2 Å². The summed E-state index contributed by atoms with van der Waals surface area (Å²) in [6.07, 6.45) is 3.04. The van der Waals surface area contributed by atoms with Crippen molar-refractivity contribution in [1.82, 2.24) is 9.62 Å². The Kier molecular flexibility index (Phi) is 5.78. The number of rotatable bonds is 6. The van der Waals surface area contributed by atoms with Crippen molar-refractivity contribution in [1.29, 1.82) is 0 Å². The van der Waals surface area contributed by atoms with Gasteiger partial charge in [-0.1, -0.05) is 18.2 Å². The smallest absolute Gasteiger partial charge is 0.240 e. The van der Waals surface area contributed by atoms with E-state index in [0.717, 1.165) is 30.4 Å². The molecule has 0 amide bonds. The van der Waals surface area contributed by atoms with Crippen molar-refractivity contribution in [3.63, 3.8) is 0 Å². The van der Waals surface area contributed by atoms with E-state index in [2.05, 4.69) is 9.62 Å². The third-order valence-corrected chi connectivity index (χ3v) is 7.01. The number of ether oxygens (including phenoxy) is 1. The van der Waals surface area contributed by atoms with Crippen LogP contribution in [0.15, 0.2) is 47.4 Å². The van der Waals surface area contributed by atoms with E-state index < -0.39 is 10.0 Å². The quantitative estimate of drug-likeness (QED) is 0.804. The first kappa shape index (κ1) is 19.5. The summed E-state index contributed by atoms with van der Waals surface area (Å²) in [6, 6.07) is 11.5. The molecule has 0 spiro atoms. The summed E-state index contributed by atoms with van der Waals surface area (Å²) >= 11 is 0. The van der Waals surface area contributed by atoms with Crippen LogP contribution < -0.4 is 4.72 Å². The van der Waals surface area contributed by atoms with Crippen molar-refractivity contribution >= 4 is 10.0 Å². The zero-order valence-electron chi connectivity index (χ0n) is 15.7. The molecule has 1 atom stereocenters. The van der Waals surface area contributed by atoms with E-state index in [-0.39, 0.29) is 18.4 Å². The molecule has 2 aliphatic rings. The topological polar surface area (TPSA) is 58.6 Å². The molecule has 1 N–H and O–H groups in total. The summed E-state index contributed by atoms with van der Waals surface area (Å²) in [6.45, 7) is 2.86. The molecule has 5 nitrogen and oxygen atoms in total. The van der Waals surface area contributed by atoms with E-state index in [9.17, 15) is 12.8 Å². The zero-order valence-corrected chi connectivity index (χ0v) is 16.6. The van der Waals surface area contributed by atoms with Gasteiger partial charge in [-0.2, -0.15) is 0 Å². The van der Waals surface area contributed by atoms with Gasteiger partial charge in [0.15, 0.2) is 0 Å². The summed E-state index contributed by atoms with van der Waals surface area (Å²) in [4.78, 5) is 2.50. The lowest BCUT2D eigenvalue weighted by Crippen LogP contribution is -2.43. The van der Waals surface area contributed by atoms with E-state index in [4.69, 9.17) is 4.74 Å². The Morgan fingerprint density at radius 2 is 1.75 bits per heavy atom. The molecule has 150 valence electrons. The molecular weight excluding hydrogens is 379 g/mol. The summed E-state index contributed by atoms with van der Waals surface area (Å²) in [5, 5.41) is 0. The zero-order chi connectivity index (χ0) is 19.6. The highest BCUT2D eigenvalue weighted by molar-refractivity contribution is 7.89. The van der Waals surface area contributed by atoms with Crippen LogP contribution in [0.3, 0.4) is 0 Å². The maximum atomic E-state index is 13.4. The van der Waals surface area contributed by atoms with Gasteiger partial charge in [0.25, 0.3) is 0 Å². The standard InChI is InChI=1S/C21H25FN2O3S/c22-19-7-4-17(5-8-19)21(24-10-12-27-13-11-24)15-23-28(25,26)20-9-6-16-2-1-3-18(16)14-20/h4-9,14,21,23H,1-3,10-13,15H2/t21-/m1/s1. The van der Waals surface area contributed by atoms with Crippen LogP contribution in [0.4, 0.5) is 4.39 Å². The summed E-state index contributed by atoms with van der Waals surface area (Å²) in [7, 11) is -3.61. The van der Waals surface area contributed by atoms with E-state index in [0.29, 0.717) is 31.2 Å². The molecule has 0 radical (unpaired) electrons. The summed E-state index contributed by atoms with van der Waals surface area (Å²) in [5.41, 5.74) is 3.27. The number of halogens is 1. The minimum absolute atomic E-state index is 0.172. The predicted octanol–water partition coefficient (Wildman–Crippen LogP) is 2.67. The van der Waals surface area contributed by atoms with E-state index in [1.54, 1.807) is 24.3 Å². The Hall–Kier alpha value is -1.80. The Balaban J connectivity index is 1.53. The molecule has 1 heterocycles. The van der Waals surface area contributed by atoms with Gasteiger partial charge in [-0.15, -0.1) is 0 Å². The number of hydrogen-bond donors (Lipinski definition) is 1. The maximum absolute atomic E-state index is 13.4. The first-order valence-corrected chi connectivity index (χ1v) is 11.2. The van der Waals surface area contributed by atoms with Crippen molar-refractivity contribution in [2.75, 3.05) is 32.8 Å². The van der Waals surface area contributed by atoms with Gasteiger partial charge in [0.2, 0.25) is 10.0 Å². The van der Waals surface area contributed by atoms with E-state index in [1.807, 2.05) is 6.07 Å². The van der Waals surface area contributed by atoms with Crippen molar-refractivity contribution < 1.29 is 17.5 Å². The van der Waals surface area contributed by atoms with Gasteiger partial charge in [0.05, 0.1) is 18.1 Å². The van der Waals surface area contributed by atoms with Crippen molar-refractivity contribution in [3.8, 4) is 0 Å². The van der Waals surface area contributed by atoms with Crippen LogP contribution in [0.5, 0.6) is 0 Å². The van der Waals surface area contributed by atoms with Gasteiger partial charge < -0.3 is 4.74 Å². The average Bonchev–Trinajstić information content (AvgIpc) is 3.18. The molecule has 7 heteroatoms. The highest BCUT2D eigenvalue weighted by Crippen LogP contribution is 2.26. The van der Waals surface area contributed by atoms with Gasteiger partial charge in [0, 0.05) is 25.7 Å². The highest BCUT2D eigenvalue weighted by Gasteiger charge is 2.26. The molecule has 2 aromatic carbocycles. The van der Waals surface area contributed by atoms with Crippen LogP contribution in [0, 0.1) is 5.82 Å². The van der Waals surface area contributed by atoms with Crippen molar-refractivity contribution in [3.05, 3.63) is 65.0 Å². The molecule has 2 aromatic rings. The number of nitrogens with zero attached hydrogens (tertiary/aromatic N) is 1.